The fraction of sp³-hybridized carbons (Fsp3) is 0.0833. The molecule has 0 aliphatic carbocycles. The lowest BCUT2D eigenvalue weighted by Crippen LogP contribution is -2.11. The number of nitro groups is 1. The van der Waals surface area contributed by atoms with E-state index in [1.54, 1.807) is 24.4 Å². The van der Waals surface area contributed by atoms with Gasteiger partial charge >= 0.3 is 0 Å². The van der Waals surface area contributed by atoms with Crippen molar-refractivity contribution in [3.63, 3.8) is 0 Å². The molecule has 2 rings (SSSR count). The number of nitrogens with zero attached hydrogens (tertiary/aromatic N) is 1. The number of anilines is 1. The molecule has 0 saturated heterocycles. The minimum atomic E-state index is -0.555. The lowest BCUT2D eigenvalue weighted by atomic mass is 10.1. The van der Waals surface area contributed by atoms with E-state index in [-0.39, 0.29) is 16.6 Å². The number of nitro benzene ring substituents is 1. The second-order valence-corrected chi connectivity index (χ2v) is 5.16. The average Bonchev–Trinajstić information content (AvgIpc) is 2.86. The molecule has 1 N–H and O–H groups in total. The molecule has 0 unspecified atom stereocenters. The van der Waals surface area contributed by atoms with Gasteiger partial charge in [0.15, 0.2) is 0 Å². The van der Waals surface area contributed by atoms with E-state index in [0.717, 1.165) is 0 Å². The van der Waals surface area contributed by atoms with Crippen LogP contribution in [0.3, 0.4) is 0 Å². The van der Waals surface area contributed by atoms with Crippen LogP contribution >= 0.6 is 22.9 Å². The van der Waals surface area contributed by atoms with Gasteiger partial charge in [0.05, 0.1) is 9.80 Å². The lowest BCUT2D eigenvalue weighted by molar-refractivity contribution is -0.384. The minimum Gasteiger partial charge on any atom is -0.321 e. The van der Waals surface area contributed by atoms with Gasteiger partial charge in [-0.2, -0.15) is 0 Å². The first-order valence-corrected chi connectivity index (χ1v) is 6.54. The Kier molecular flexibility index (Phi) is 3.82. The van der Waals surface area contributed by atoms with Gasteiger partial charge in [0.1, 0.15) is 5.02 Å². The molecular weight excluding hydrogens is 288 g/mol. The average molecular weight is 297 g/mol. The molecule has 1 heterocycles. The third-order valence-electron chi connectivity index (χ3n) is 2.48. The molecule has 2 aromatic rings. The molecule has 0 saturated carbocycles. The maximum absolute atomic E-state index is 11.9. The molecule has 1 aromatic carbocycles. The molecular formula is C12H9ClN2O3S. The number of hydrogen-bond donors (Lipinski definition) is 1. The Hall–Kier alpha value is -1.92. The normalized spacial score (nSPS) is 10.2. The smallest absolute Gasteiger partial charge is 0.288 e. The number of nitrogens with one attached hydrogen (secondary N) is 1. The molecule has 0 spiro atoms. The number of benzene rings is 1. The standard InChI is InChI=1S/C12H9ClN2O3S/c1-7-5-10(15(17)18)8(13)6-9(7)14-12(16)11-3-2-4-19-11/h2-6H,1H3,(H,14,16). The second-order valence-electron chi connectivity index (χ2n) is 3.81. The van der Waals surface area contributed by atoms with E-state index in [0.29, 0.717) is 16.1 Å². The predicted octanol–water partition coefficient (Wildman–Crippen LogP) is 3.87. The first-order chi connectivity index (χ1) is 8.99. The Bertz CT molecular complexity index is 641. The molecule has 0 aliphatic rings. The third kappa shape index (κ3) is 2.91. The van der Waals surface area contributed by atoms with Crippen LogP contribution < -0.4 is 5.32 Å². The fourth-order valence-corrected chi connectivity index (χ4v) is 2.38. The molecule has 0 radical (unpaired) electrons. The zero-order valence-corrected chi connectivity index (χ0v) is 11.4. The van der Waals surface area contributed by atoms with Gasteiger partial charge in [0, 0.05) is 11.8 Å². The largest absolute Gasteiger partial charge is 0.321 e. The Morgan fingerprint density at radius 2 is 2.21 bits per heavy atom. The summed E-state index contributed by atoms with van der Waals surface area (Å²) in [6.07, 6.45) is 0. The summed E-state index contributed by atoms with van der Waals surface area (Å²) >= 11 is 7.13. The molecule has 1 amide bonds. The summed E-state index contributed by atoms with van der Waals surface area (Å²) in [5, 5.41) is 15.2. The number of aryl methyl sites for hydroxylation is 1. The Balaban J connectivity index is 2.29. The number of thiophene rings is 1. The van der Waals surface area contributed by atoms with E-state index in [4.69, 9.17) is 11.6 Å². The molecule has 0 bridgehead atoms. The van der Waals surface area contributed by atoms with Crippen LogP contribution in [0.5, 0.6) is 0 Å². The molecule has 1 aromatic heterocycles. The van der Waals surface area contributed by atoms with Gasteiger partial charge in [0.2, 0.25) is 0 Å². The van der Waals surface area contributed by atoms with Crippen molar-refractivity contribution in [2.75, 3.05) is 5.32 Å². The number of amides is 1. The number of carbonyl (C=O) groups is 1. The minimum absolute atomic E-state index is 0.00270. The van der Waals surface area contributed by atoms with Gasteiger partial charge in [-0.15, -0.1) is 11.3 Å². The van der Waals surface area contributed by atoms with Gasteiger partial charge < -0.3 is 5.32 Å². The van der Waals surface area contributed by atoms with Crippen LogP contribution in [-0.4, -0.2) is 10.8 Å². The van der Waals surface area contributed by atoms with E-state index < -0.39 is 4.92 Å². The zero-order valence-electron chi connectivity index (χ0n) is 9.84. The van der Waals surface area contributed by atoms with Crippen molar-refractivity contribution in [1.82, 2.24) is 0 Å². The van der Waals surface area contributed by atoms with Crippen molar-refractivity contribution in [2.24, 2.45) is 0 Å². The quantitative estimate of drug-likeness (QED) is 0.690. The van der Waals surface area contributed by atoms with Crippen LogP contribution in [0.15, 0.2) is 29.6 Å². The highest BCUT2D eigenvalue weighted by atomic mass is 35.5. The van der Waals surface area contributed by atoms with E-state index in [1.165, 1.54) is 23.5 Å². The Morgan fingerprint density at radius 3 is 2.79 bits per heavy atom. The topological polar surface area (TPSA) is 72.2 Å². The molecule has 0 atom stereocenters. The number of hydrogen-bond acceptors (Lipinski definition) is 4. The van der Waals surface area contributed by atoms with Gasteiger partial charge in [-0.05, 0) is 30.0 Å². The summed E-state index contributed by atoms with van der Waals surface area (Å²) < 4.78 is 0. The van der Waals surface area contributed by atoms with Crippen molar-refractivity contribution in [1.29, 1.82) is 0 Å². The SMILES string of the molecule is Cc1cc([N+](=O)[O-])c(Cl)cc1NC(=O)c1cccs1. The highest BCUT2D eigenvalue weighted by Gasteiger charge is 2.16. The highest BCUT2D eigenvalue weighted by Crippen LogP contribution is 2.30. The molecule has 98 valence electrons. The van der Waals surface area contributed by atoms with Gasteiger partial charge in [0.25, 0.3) is 11.6 Å². The first-order valence-electron chi connectivity index (χ1n) is 5.28. The van der Waals surface area contributed by atoms with Gasteiger partial charge in [-0.3, -0.25) is 14.9 Å². The third-order valence-corrected chi connectivity index (χ3v) is 3.66. The summed E-state index contributed by atoms with van der Waals surface area (Å²) in [5.41, 5.74) is 0.878. The van der Waals surface area contributed by atoms with Crippen LogP contribution in [0.1, 0.15) is 15.2 Å². The van der Waals surface area contributed by atoms with E-state index >= 15 is 0 Å². The monoisotopic (exact) mass is 296 g/mol. The Labute approximate surface area is 118 Å². The molecule has 0 fully saturated rings. The zero-order chi connectivity index (χ0) is 14.0. The van der Waals surface area contributed by atoms with E-state index in [9.17, 15) is 14.9 Å². The highest BCUT2D eigenvalue weighted by molar-refractivity contribution is 7.12. The van der Waals surface area contributed by atoms with Gasteiger partial charge in [-0.1, -0.05) is 17.7 Å². The summed E-state index contributed by atoms with van der Waals surface area (Å²) in [6.45, 7) is 1.67. The number of rotatable bonds is 3. The number of carbonyl (C=O) groups excluding carboxylic acids is 1. The predicted molar refractivity (Wildman–Crippen MR) is 75.1 cm³/mol. The van der Waals surface area contributed by atoms with Crippen molar-refractivity contribution in [2.45, 2.75) is 6.92 Å². The van der Waals surface area contributed by atoms with Crippen molar-refractivity contribution in [3.8, 4) is 0 Å². The molecule has 7 heteroatoms. The van der Waals surface area contributed by atoms with Crippen molar-refractivity contribution >= 4 is 40.2 Å². The van der Waals surface area contributed by atoms with Crippen molar-refractivity contribution < 1.29 is 9.72 Å². The summed E-state index contributed by atoms with van der Waals surface area (Å²) in [5.74, 6) is -0.261. The van der Waals surface area contributed by atoms with E-state index in [1.807, 2.05) is 0 Å². The summed E-state index contributed by atoms with van der Waals surface area (Å²) in [4.78, 5) is 22.6. The van der Waals surface area contributed by atoms with Crippen LogP contribution in [0.4, 0.5) is 11.4 Å². The molecule has 5 nitrogen and oxygen atoms in total. The summed E-state index contributed by atoms with van der Waals surface area (Å²) in [7, 11) is 0. The summed E-state index contributed by atoms with van der Waals surface area (Å²) in [6, 6.07) is 6.20. The van der Waals surface area contributed by atoms with E-state index in [2.05, 4.69) is 5.32 Å². The van der Waals surface area contributed by atoms with Crippen molar-refractivity contribution in [3.05, 3.63) is 55.2 Å². The van der Waals surface area contributed by atoms with Crippen LogP contribution in [0.2, 0.25) is 5.02 Å². The maximum Gasteiger partial charge on any atom is 0.288 e. The second kappa shape index (κ2) is 5.38. The fourth-order valence-electron chi connectivity index (χ4n) is 1.53. The molecule has 19 heavy (non-hydrogen) atoms. The first kappa shape index (κ1) is 13.5. The number of halogens is 1. The van der Waals surface area contributed by atoms with Gasteiger partial charge in [-0.25, -0.2) is 0 Å². The van der Waals surface area contributed by atoms with Crippen LogP contribution in [0, 0.1) is 17.0 Å². The Morgan fingerprint density at radius 1 is 1.47 bits per heavy atom. The molecule has 0 aliphatic heterocycles. The van der Waals surface area contributed by atoms with Crippen LogP contribution in [0.25, 0.3) is 0 Å². The lowest BCUT2D eigenvalue weighted by Gasteiger charge is -2.08. The van der Waals surface area contributed by atoms with Crippen LogP contribution in [-0.2, 0) is 0 Å². The maximum atomic E-state index is 11.9.